The maximum Gasteiger partial charge on any atom is 0.332 e. The van der Waals surface area contributed by atoms with E-state index in [2.05, 4.69) is 16.9 Å². The van der Waals surface area contributed by atoms with Crippen LogP contribution in [0.3, 0.4) is 0 Å². The zero-order valence-corrected chi connectivity index (χ0v) is 11.2. The SMILES string of the molecule is C=CCn1c(NCc2cccnc2)cc(=O)n(C)c1=O. The summed E-state index contributed by atoms with van der Waals surface area (Å²) >= 11 is 0. The van der Waals surface area contributed by atoms with E-state index in [-0.39, 0.29) is 11.2 Å². The molecule has 0 aliphatic rings. The zero-order valence-electron chi connectivity index (χ0n) is 11.2. The topological polar surface area (TPSA) is 68.9 Å². The highest BCUT2D eigenvalue weighted by Crippen LogP contribution is 2.05. The van der Waals surface area contributed by atoms with E-state index < -0.39 is 0 Å². The third-order valence-corrected chi connectivity index (χ3v) is 2.91. The third kappa shape index (κ3) is 2.85. The van der Waals surface area contributed by atoms with Crippen LogP contribution in [-0.4, -0.2) is 14.1 Å². The van der Waals surface area contributed by atoms with Gasteiger partial charge in [-0.25, -0.2) is 4.79 Å². The first-order valence-corrected chi connectivity index (χ1v) is 6.18. The predicted octanol–water partition coefficient (Wildman–Crippen LogP) is 0.740. The molecule has 2 rings (SSSR count). The number of hydrogen-bond acceptors (Lipinski definition) is 4. The molecule has 2 aromatic rings. The van der Waals surface area contributed by atoms with Gasteiger partial charge >= 0.3 is 5.69 Å². The fraction of sp³-hybridized carbons (Fsp3) is 0.214. The van der Waals surface area contributed by atoms with Crippen molar-refractivity contribution < 1.29 is 0 Å². The Kier molecular flexibility index (Phi) is 4.14. The highest BCUT2D eigenvalue weighted by Gasteiger charge is 2.07. The minimum atomic E-state index is -0.369. The molecule has 0 aliphatic carbocycles. The van der Waals surface area contributed by atoms with Crippen molar-refractivity contribution in [1.29, 1.82) is 0 Å². The number of hydrogen-bond donors (Lipinski definition) is 1. The Morgan fingerprint density at radius 2 is 2.25 bits per heavy atom. The lowest BCUT2D eigenvalue weighted by molar-refractivity contribution is 0.658. The first-order chi connectivity index (χ1) is 9.63. The summed E-state index contributed by atoms with van der Waals surface area (Å²) in [5.74, 6) is 0.474. The van der Waals surface area contributed by atoms with E-state index in [1.807, 2.05) is 12.1 Å². The van der Waals surface area contributed by atoms with Crippen molar-refractivity contribution in [3.63, 3.8) is 0 Å². The van der Waals surface area contributed by atoms with Gasteiger partial charge in [-0.2, -0.15) is 0 Å². The van der Waals surface area contributed by atoms with Crippen molar-refractivity contribution in [3.8, 4) is 0 Å². The maximum absolute atomic E-state index is 12.0. The molecule has 20 heavy (non-hydrogen) atoms. The highest BCUT2D eigenvalue weighted by molar-refractivity contribution is 5.35. The second kappa shape index (κ2) is 6.01. The van der Waals surface area contributed by atoms with Crippen molar-refractivity contribution >= 4 is 5.82 Å². The van der Waals surface area contributed by atoms with Crippen LogP contribution in [-0.2, 0) is 20.1 Å². The highest BCUT2D eigenvalue weighted by atomic mass is 16.2. The Morgan fingerprint density at radius 1 is 1.45 bits per heavy atom. The molecule has 0 aromatic carbocycles. The fourth-order valence-corrected chi connectivity index (χ4v) is 1.82. The van der Waals surface area contributed by atoms with Crippen LogP contribution in [0, 0.1) is 0 Å². The molecule has 2 aromatic heterocycles. The van der Waals surface area contributed by atoms with Gasteiger partial charge in [-0.3, -0.25) is 18.9 Å². The minimum Gasteiger partial charge on any atom is -0.367 e. The molecule has 0 saturated carbocycles. The molecule has 0 amide bonds. The van der Waals surface area contributed by atoms with E-state index in [9.17, 15) is 9.59 Å². The standard InChI is InChI=1S/C14H16N4O2/c1-3-7-18-12(8-13(19)17(2)14(18)20)16-10-11-5-4-6-15-9-11/h3-6,8-9,16H,1,7,10H2,2H3. The monoisotopic (exact) mass is 272 g/mol. The number of pyridine rings is 1. The average molecular weight is 272 g/mol. The van der Waals surface area contributed by atoms with Crippen molar-refractivity contribution in [3.05, 3.63) is 69.6 Å². The molecule has 6 heteroatoms. The van der Waals surface area contributed by atoms with Gasteiger partial charge in [0.25, 0.3) is 5.56 Å². The average Bonchev–Trinajstić information content (AvgIpc) is 2.47. The predicted molar refractivity (Wildman–Crippen MR) is 77.7 cm³/mol. The van der Waals surface area contributed by atoms with E-state index in [0.29, 0.717) is 18.9 Å². The van der Waals surface area contributed by atoms with Crippen LogP contribution >= 0.6 is 0 Å². The van der Waals surface area contributed by atoms with Crippen LogP contribution in [0.2, 0.25) is 0 Å². The van der Waals surface area contributed by atoms with E-state index >= 15 is 0 Å². The summed E-state index contributed by atoms with van der Waals surface area (Å²) in [6.07, 6.45) is 5.03. The summed E-state index contributed by atoms with van der Waals surface area (Å²) < 4.78 is 2.53. The molecule has 0 aliphatic heterocycles. The second-order valence-corrected chi connectivity index (χ2v) is 4.32. The summed E-state index contributed by atoms with van der Waals surface area (Å²) in [4.78, 5) is 27.8. The van der Waals surface area contributed by atoms with Crippen LogP contribution in [0.1, 0.15) is 5.56 Å². The van der Waals surface area contributed by atoms with E-state index in [4.69, 9.17) is 0 Å². The van der Waals surface area contributed by atoms with E-state index in [1.165, 1.54) is 17.7 Å². The van der Waals surface area contributed by atoms with Crippen molar-refractivity contribution in [1.82, 2.24) is 14.1 Å². The van der Waals surface area contributed by atoms with Gasteiger partial charge in [0.15, 0.2) is 0 Å². The lowest BCUT2D eigenvalue weighted by Crippen LogP contribution is -2.38. The molecule has 0 radical (unpaired) electrons. The van der Waals surface area contributed by atoms with Gasteiger partial charge in [-0.1, -0.05) is 12.1 Å². The molecule has 0 fully saturated rings. The quantitative estimate of drug-likeness (QED) is 0.815. The number of aromatic nitrogens is 3. The van der Waals surface area contributed by atoms with Gasteiger partial charge in [0, 0.05) is 38.6 Å². The fourth-order valence-electron chi connectivity index (χ4n) is 1.82. The van der Waals surface area contributed by atoms with Gasteiger partial charge in [0.05, 0.1) is 0 Å². The second-order valence-electron chi connectivity index (χ2n) is 4.32. The largest absolute Gasteiger partial charge is 0.367 e. The first-order valence-electron chi connectivity index (χ1n) is 6.18. The van der Waals surface area contributed by atoms with Crippen LogP contribution < -0.4 is 16.6 Å². The Morgan fingerprint density at radius 3 is 2.90 bits per heavy atom. The van der Waals surface area contributed by atoms with E-state index in [1.54, 1.807) is 18.5 Å². The number of nitrogens with one attached hydrogen (secondary N) is 1. The third-order valence-electron chi connectivity index (χ3n) is 2.91. The summed E-state index contributed by atoms with van der Waals surface area (Å²) in [7, 11) is 1.45. The number of anilines is 1. The van der Waals surface area contributed by atoms with Gasteiger partial charge in [-0.15, -0.1) is 6.58 Å². The van der Waals surface area contributed by atoms with Crippen molar-refractivity contribution in [2.45, 2.75) is 13.1 Å². The summed E-state index contributed by atoms with van der Waals surface area (Å²) in [6.45, 7) is 4.44. The Balaban J connectivity index is 2.33. The number of rotatable bonds is 5. The molecule has 104 valence electrons. The van der Waals surface area contributed by atoms with Crippen molar-refractivity contribution in [2.75, 3.05) is 5.32 Å². The van der Waals surface area contributed by atoms with Gasteiger partial charge < -0.3 is 5.32 Å². The smallest absolute Gasteiger partial charge is 0.332 e. The summed E-state index contributed by atoms with van der Waals surface area (Å²) in [6, 6.07) is 5.15. The first kappa shape index (κ1) is 13.8. The maximum atomic E-state index is 12.0. The number of allylic oxidation sites excluding steroid dienone is 1. The summed E-state index contributed by atoms with van der Waals surface area (Å²) in [5, 5.41) is 3.09. The molecule has 0 spiro atoms. The van der Waals surface area contributed by atoms with Crippen LogP contribution in [0.5, 0.6) is 0 Å². The minimum absolute atomic E-state index is 0.336. The Bertz CT molecular complexity index is 716. The van der Waals surface area contributed by atoms with E-state index in [0.717, 1.165) is 10.1 Å². The molecule has 0 bridgehead atoms. The van der Waals surface area contributed by atoms with Crippen LogP contribution in [0.4, 0.5) is 5.82 Å². The molecule has 6 nitrogen and oxygen atoms in total. The Labute approximate surface area is 116 Å². The van der Waals surface area contributed by atoms with Gasteiger partial charge in [-0.05, 0) is 11.6 Å². The normalized spacial score (nSPS) is 10.2. The molecule has 2 heterocycles. The lowest BCUT2D eigenvalue weighted by Gasteiger charge is -2.13. The molecule has 0 saturated heterocycles. The zero-order chi connectivity index (χ0) is 14.5. The molecular weight excluding hydrogens is 256 g/mol. The van der Waals surface area contributed by atoms with Crippen LogP contribution in [0.25, 0.3) is 0 Å². The Hall–Kier alpha value is -2.63. The number of nitrogens with zero attached hydrogens (tertiary/aromatic N) is 3. The molecule has 1 N–H and O–H groups in total. The van der Waals surface area contributed by atoms with Crippen LogP contribution in [0.15, 0.2) is 52.8 Å². The van der Waals surface area contributed by atoms with Crippen molar-refractivity contribution in [2.24, 2.45) is 7.05 Å². The molecule has 0 unspecified atom stereocenters. The summed E-state index contributed by atoms with van der Waals surface area (Å²) in [5.41, 5.74) is 0.251. The van der Waals surface area contributed by atoms with Gasteiger partial charge in [0.1, 0.15) is 5.82 Å². The molecule has 0 atom stereocenters. The van der Waals surface area contributed by atoms with Gasteiger partial charge in [0.2, 0.25) is 0 Å². The molecular formula is C14H16N4O2. The lowest BCUT2D eigenvalue weighted by atomic mass is 10.3.